The van der Waals surface area contributed by atoms with Crippen LogP contribution in [0.15, 0.2) is 29.4 Å². The van der Waals surface area contributed by atoms with E-state index in [2.05, 4.69) is 22.8 Å². The van der Waals surface area contributed by atoms with E-state index < -0.39 is 0 Å². The standard InChI is InChI=1S/C17H24ClN3O/c1-3-15(19-14-10-8-13(18)9-11-14)17(22)21-20-16-7-5-4-6-12(16)2/h8-12,15,19H,3-7H2,1-2H3,(H,21,22)/b20-16+/t12-,15-/m0/s1. The molecule has 120 valence electrons. The second-order valence-corrected chi connectivity index (χ2v) is 6.27. The first-order valence-corrected chi connectivity index (χ1v) is 8.36. The molecular formula is C17H24ClN3O. The summed E-state index contributed by atoms with van der Waals surface area (Å²) in [5.41, 5.74) is 4.72. The van der Waals surface area contributed by atoms with Crippen molar-refractivity contribution in [3.63, 3.8) is 0 Å². The van der Waals surface area contributed by atoms with Gasteiger partial charge >= 0.3 is 0 Å². The predicted octanol–water partition coefficient (Wildman–Crippen LogP) is 4.21. The van der Waals surface area contributed by atoms with Crippen molar-refractivity contribution in [2.45, 2.75) is 52.0 Å². The molecule has 1 aliphatic rings. The van der Waals surface area contributed by atoms with Crippen LogP contribution in [-0.4, -0.2) is 17.7 Å². The Morgan fingerprint density at radius 2 is 2.09 bits per heavy atom. The molecule has 1 aliphatic carbocycles. The highest BCUT2D eigenvalue weighted by molar-refractivity contribution is 6.30. The number of carbonyl (C=O) groups is 1. The predicted molar refractivity (Wildman–Crippen MR) is 92.4 cm³/mol. The molecule has 1 amide bonds. The van der Waals surface area contributed by atoms with Crippen molar-refractivity contribution in [1.29, 1.82) is 0 Å². The molecule has 1 aromatic rings. The van der Waals surface area contributed by atoms with Crippen LogP contribution >= 0.6 is 11.6 Å². The number of amides is 1. The highest BCUT2D eigenvalue weighted by Crippen LogP contribution is 2.20. The summed E-state index contributed by atoms with van der Waals surface area (Å²) in [4.78, 5) is 12.3. The zero-order valence-electron chi connectivity index (χ0n) is 13.2. The zero-order valence-corrected chi connectivity index (χ0v) is 14.0. The maximum atomic E-state index is 12.3. The third-order valence-corrected chi connectivity index (χ3v) is 4.36. The molecule has 5 heteroatoms. The lowest BCUT2D eigenvalue weighted by atomic mass is 9.89. The Kier molecular flexibility index (Phi) is 6.25. The molecule has 0 radical (unpaired) electrons. The minimum Gasteiger partial charge on any atom is -0.374 e. The van der Waals surface area contributed by atoms with Crippen LogP contribution < -0.4 is 10.7 Å². The molecule has 0 bridgehead atoms. The van der Waals surface area contributed by atoms with E-state index in [0.29, 0.717) is 17.4 Å². The normalized spacial score (nSPS) is 21.4. The Morgan fingerprint density at radius 1 is 1.36 bits per heavy atom. The van der Waals surface area contributed by atoms with Gasteiger partial charge in [-0.05, 0) is 55.9 Å². The van der Waals surface area contributed by atoms with Crippen molar-refractivity contribution in [2.24, 2.45) is 11.0 Å². The fraction of sp³-hybridized carbons (Fsp3) is 0.529. The Labute approximate surface area is 137 Å². The van der Waals surface area contributed by atoms with Gasteiger partial charge in [-0.15, -0.1) is 0 Å². The molecule has 1 saturated carbocycles. The molecule has 0 saturated heterocycles. The number of nitrogens with zero attached hydrogens (tertiary/aromatic N) is 1. The molecule has 0 unspecified atom stereocenters. The summed E-state index contributed by atoms with van der Waals surface area (Å²) in [5.74, 6) is 0.376. The first-order valence-electron chi connectivity index (χ1n) is 7.98. The molecule has 4 nitrogen and oxygen atoms in total. The maximum absolute atomic E-state index is 12.3. The number of halogens is 1. The minimum atomic E-state index is -0.301. The van der Waals surface area contributed by atoms with Crippen molar-refractivity contribution in [2.75, 3.05) is 5.32 Å². The van der Waals surface area contributed by atoms with Gasteiger partial charge in [0.05, 0.1) is 0 Å². The van der Waals surface area contributed by atoms with Gasteiger partial charge in [0.15, 0.2) is 0 Å². The number of carbonyl (C=O) groups excluding carboxylic acids is 1. The molecule has 2 rings (SSSR count). The number of anilines is 1. The highest BCUT2D eigenvalue weighted by atomic mass is 35.5. The molecular weight excluding hydrogens is 298 g/mol. The summed E-state index contributed by atoms with van der Waals surface area (Å²) in [6.45, 7) is 4.15. The summed E-state index contributed by atoms with van der Waals surface area (Å²) in [6.07, 6.45) is 5.26. The number of hydrogen-bond donors (Lipinski definition) is 2. The van der Waals surface area contributed by atoms with Gasteiger partial charge in [0.2, 0.25) is 0 Å². The van der Waals surface area contributed by atoms with Gasteiger partial charge in [-0.25, -0.2) is 5.43 Å². The van der Waals surface area contributed by atoms with Crippen molar-refractivity contribution < 1.29 is 4.79 Å². The second-order valence-electron chi connectivity index (χ2n) is 5.84. The van der Waals surface area contributed by atoms with Gasteiger partial charge in [0, 0.05) is 16.4 Å². The average molecular weight is 322 g/mol. The zero-order chi connectivity index (χ0) is 15.9. The number of hydrazone groups is 1. The maximum Gasteiger partial charge on any atom is 0.262 e. The first-order chi connectivity index (χ1) is 10.6. The van der Waals surface area contributed by atoms with Gasteiger partial charge in [0.1, 0.15) is 6.04 Å². The number of benzene rings is 1. The van der Waals surface area contributed by atoms with E-state index in [9.17, 15) is 4.79 Å². The molecule has 2 N–H and O–H groups in total. The fourth-order valence-electron chi connectivity index (χ4n) is 2.64. The third-order valence-electron chi connectivity index (χ3n) is 4.11. The molecule has 0 aromatic heterocycles. The van der Waals surface area contributed by atoms with Gasteiger partial charge in [-0.1, -0.05) is 31.9 Å². The summed E-state index contributed by atoms with van der Waals surface area (Å²) < 4.78 is 0. The third kappa shape index (κ3) is 4.73. The molecule has 0 heterocycles. The Bertz CT molecular complexity index is 527. The van der Waals surface area contributed by atoms with Gasteiger partial charge in [-0.2, -0.15) is 5.10 Å². The largest absolute Gasteiger partial charge is 0.374 e. The van der Waals surface area contributed by atoms with E-state index >= 15 is 0 Å². The van der Waals surface area contributed by atoms with Crippen molar-refractivity contribution >= 4 is 28.9 Å². The van der Waals surface area contributed by atoms with Gasteiger partial charge < -0.3 is 5.32 Å². The lowest BCUT2D eigenvalue weighted by molar-refractivity contribution is -0.121. The molecule has 0 spiro atoms. The second kappa shape index (κ2) is 8.18. The van der Waals surface area contributed by atoms with Gasteiger partial charge in [0.25, 0.3) is 5.91 Å². The van der Waals surface area contributed by atoms with E-state index in [1.165, 1.54) is 12.8 Å². The summed E-state index contributed by atoms with van der Waals surface area (Å²) in [5, 5.41) is 8.24. The van der Waals surface area contributed by atoms with E-state index in [4.69, 9.17) is 11.6 Å². The summed E-state index contributed by atoms with van der Waals surface area (Å²) in [6, 6.07) is 7.04. The van der Waals surface area contributed by atoms with Crippen LogP contribution in [0.3, 0.4) is 0 Å². The quantitative estimate of drug-likeness (QED) is 0.798. The van der Waals surface area contributed by atoms with E-state index in [1.807, 2.05) is 19.1 Å². The molecule has 2 atom stereocenters. The Morgan fingerprint density at radius 3 is 2.73 bits per heavy atom. The number of hydrogen-bond acceptors (Lipinski definition) is 3. The monoisotopic (exact) mass is 321 g/mol. The summed E-state index contributed by atoms with van der Waals surface area (Å²) in [7, 11) is 0. The lowest BCUT2D eigenvalue weighted by Crippen LogP contribution is -2.37. The van der Waals surface area contributed by atoms with Gasteiger partial charge in [-0.3, -0.25) is 4.79 Å². The van der Waals surface area contributed by atoms with Crippen LogP contribution in [0, 0.1) is 5.92 Å². The first kappa shape index (κ1) is 16.8. The van der Waals surface area contributed by atoms with Crippen LogP contribution in [0.2, 0.25) is 5.02 Å². The summed E-state index contributed by atoms with van der Waals surface area (Å²) >= 11 is 5.87. The topological polar surface area (TPSA) is 53.5 Å². The molecule has 0 aliphatic heterocycles. The van der Waals surface area contributed by atoms with Crippen molar-refractivity contribution in [3.05, 3.63) is 29.3 Å². The average Bonchev–Trinajstić information content (AvgIpc) is 2.53. The SMILES string of the molecule is CC[C@H](Nc1ccc(Cl)cc1)C(=O)N/N=C1\CCCC[C@@H]1C. The van der Waals surface area contributed by atoms with Crippen LogP contribution in [0.5, 0.6) is 0 Å². The van der Waals surface area contributed by atoms with Crippen LogP contribution in [-0.2, 0) is 4.79 Å². The Balaban J connectivity index is 1.93. The van der Waals surface area contributed by atoms with Crippen molar-refractivity contribution in [1.82, 2.24) is 5.43 Å². The lowest BCUT2D eigenvalue weighted by Gasteiger charge is -2.21. The smallest absolute Gasteiger partial charge is 0.262 e. The molecule has 22 heavy (non-hydrogen) atoms. The van der Waals surface area contributed by atoms with E-state index in [0.717, 1.165) is 24.2 Å². The highest BCUT2D eigenvalue weighted by Gasteiger charge is 2.19. The fourth-order valence-corrected chi connectivity index (χ4v) is 2.77. The molecule has 1 fully saturated rings. The number of nitrogens with one attached hydrogen (secondary N) is 2. The van der Waals surface area contributed by atoms with Crippen molar-refractivity contribution in [3.8, 4) is 0 Å². The molecule has 1 aromatic carbocycles. The minimum absolute atomic E-state index is 0.0947. The van der Waals surface area contributed by atoms with E-state index in [1.54, 1.807) is 12.1 Å². The van der Waals surface area contributed by atoms with Crippen LogP contribution in [0.4, 0.5) is 5.69 Å². The number of rotatable bonds is 5. The van der Waals surface area contributed by atoms with E-state index in [-0.39, 0.29) is 11.9 Å². The van der Waals surface area contributed by atoms with Crippen LogP contribution in [0.25, 0.3) is 0 Å². The Hall–Kier alpha value is -1.55. The van der Waals surface area contributed by atoms with Crippen LogP contribution in [0.1, 0.15) is 46.0 Å².